The Bertz CT molecular complexity index is 478. The molecule has 1 unspecified atom stereocenters. The van der Waals surface area contributed by atoms with E-state index < -0.39 is 0 Å². The monoisotopic (exact) mass is 252 g/mol. The van der Waals surface area contributed by atoms with E-state index in [2.05, 4.69) is 67.6 Å². The van der Waals surface area contributed by atoms with Gasteiger partial charge in [-0.3, -0.25) is 0 Å². The molecule has 1 nitrogen and oxygen atoms in total. The minimum atomic E-state index is -0.253. The molecule has 3 rings (SSSR count). The summed E-state index contributed by atoms with van der Waals surface area (Å²) in [5.74, 6) is 0.553. The Balaban J connectivity index is 2.17. The summed E-state index contributed by atoms with van der Waals surface area (Å²) in [6.45, 7) is 3.11. The molecule has 0 aliphatic carbocycles. The van der Waals surface area contributed by atoms with Crippen LogP contribution in [0, 0.1) is 5.92 Å². The zero-order valence-corrected chi connectivity index (χ0v) is 11.4. The second kappa shape index (κ2) is 5.18. The Labute approximate surface area is 115 Å². The maximum absolute atomic E-state index is 6.32. The molecule has 0 amide bonds. The van der Waals surface area contributed by atoms with Crippen LogP contribution in [0.2, 0.25) is 0 Å². The van der Waals surface area contributed by atoms with Gasteiger partial charge in [0.05, 0.1) is 0 Å². The standard InChI is InChI=1S/C18H20O/c1-2-15-13-14-19-18(15,16-9-5-3-6-10-16)17-11-7-4-8-12-17/h3-12,15H,2,13-14H2,1H3. The Kier molecular flexibility index (Phi) is 3.39. The topological polar surface area (TPSA) is 9.23 Å². The van der Waals surface area contributed by atoms with Gasteiger partial charge in [-0.2, -0.15) is 0 Å². The Morgan fingerprint density at radius 1 is 0.947 bits per heavy atom. The van der Waals surface area contributed by atoms with Gasteiger partial charge in [-0.15, -0.1) is 0 Å². The van der Waals surface area contributed by atoms with Crippen molar-refractivity contribution in [3.05, 3.63) is 71.8 Å². The van der Waals surface area contributed by atoms with Gasteiger partial charge in [-0.05, 0) is 29.9 Å². The first-order chi connectivity index (χ1) is 9.38. The summed E-state index contributed by atoms with van der Waals surface area (Å²) in [4.78, 5) is 0. The summed E-state index contributed by atoms with van der Waals surface area (Å²) in [6.07, 6.45) is 2.28. The van der Waals surface area contributed by atoms with Crippen molar-refractivity contribution in [2.75, 3.05) is 6.61 Å². The number of rotatable bonds is 3. The summed E-state index contributed by atoms with van der Waals surface area (Å²) in [5.41, 5.74) is 2.31. The van der Waals surface area contributed by atoms with E-state index in [0.717, 1.165) is 19.4 Å². The molecule has 0 bridgehead atoms. The van der Waals surface area contributed by atoms with Crippen LogP contribution >= 0.6 is 0 Å². The molecule has 2 aromatic rings. The van der Waals surface area contributed by atoms with Gasteiger partial charge in [-0.1, -0.05) is 67.6 Å². The van der Waals surface area contributed by atoms with E-state index >= 15 is 0 Å². The predicted molar refractivity (Wildman–Crippen MR) is 78.0 cm³/mol. The molecule has 1 aliphatic rings. The van der Waals surface area contributed by atoms with Crippen molar-refractivity contribution in [2.24, 2.45) is 5.92 Å². The maximum atomic E-state index is 6.32. The van der Waals surface area contributed by atoms with Crippen LogP contribution in [-0.4, -0.2) is 6.61 Å². The van der Waals surface area contributed by atoms with Crippen molar-refractivity contribution in [3.8, 4) is 0 Å². The molecular weight excluding hydrogens is 232 g/mol. The minimum Gasteiger partial charge on any atom is -0.365 e. The van der Waals surface area contributed by atoms with E-state index in [0.29, 0.717) is 5.92 Å². The maximum Gasteiger partial charge on any atom is 0.121 e. The Hall–Kier alpha value is -1.60. The Morgan fingerprint density at radius 3 is 1.95 bits per heavy atom. The lowest BCUT2D eigenvalue weighted by Crippen LogP contribution is -2.33. The van der Waals surface area contributed by atoms with Gasteiger partial charge in [0, 0.05) is 6.61 Å². The third-order valence-corrected chi connectivity index (χ3v) is 4.27. The highest BCUT2D eigenvalue weighted by Crippen LogP contribution is 2.47. The molecular formula is C18H20O. The quantitative estimate of drug-likeness (QED) is 0.788. The van der Waals surface area contributed by atoms with Crippen molar-refractivity contribution < 1.29 is 4.74 Å². The normalized spacial score (nSPS) is 21.4. The summed E-state index contributed by atoms with van der Waals surface area (Å²) in [7, 11) is 0. The number of benzene rings is 2. The van der Waals surface area contributed by atoms with Crippen molar-refractivity contribution in [1.29, 1.82) is 0 Å². The minimum absolute atomic E-state index is 0.253. The van der Waals surface area contributed by atoms with Crippen LogP contribution < -0.4 is 0 Å². The molecule has 1 fully saturated rings. The number of hydrogen-bond acceptors (Lipinski definition) is 1. The predicted octanol–water partition coefficient (Wildman–Crippen LogP) is 4.38. The van der Waals surface area contributed by atoms with E-state index in [1.165, 1.54) is 11.1 Å². The average Bonchev–Trinajstić information content (AvgIpc) is 2.94. The second-order valence-electron chi connectivity index (χ2n) is 5.21. The lowest BCUT2D eigenvalue weighted by atomic mass is 9.75. The highest BCUT2D eigenvalue weighted by atomic mass is 16.5. The first-order valence-electron chi connectivity index (χ1n) is 7.13. The molecule has 1 saturated heterocycles. The lowest BCUT2D eigenvalue weighted by Gasteiger charge is -2.35. The molecule has 1 heteroatoms. The van der Waals surface area contributed by atoms with Crippen molar-refractivity contribution in [2.45, 2.75) is 25.4 Å². The molecule has 0 radical (unpaired) electrons. The van der Waals surface area contributed by atoms with Crippen LogP contribution in [0.25, 0.3) is 0 Å². The summed E-state index contributed by atoms with van der Waals surface area (Å²) in [6, 6.07) is 21.3. The van der Waals surface area contributed by atoms with Gasteiger partial charge >= 0.3 is 0 Å². The van der Waals surface area contributed by atoms with Gasteiger partial charge in [0.2, 0.25) is 0 Å². The van der Waals surface area contributed by atoms with E-state index in [1.807, 2.05) is 0 Å². The molecule has 1 heterocycles. The van der Waals surface area contributed by atoms with Crippen LogP contribution in [0.5, 0.6) is 0 Å². The zero-order chi connectivity index (χ0) is 13.1. The van der Waals surface area contributed by atoms with E-state index in [9.17, 15) is 0 Å². The van der Waals surface area contributed by atoms with Gasteiger partial charge in [-0.25, -0.2) is 0 Å². The molecule has 19 heavy (non-hydrogen) atoms. The lowest BCUT2D eigenvalue weighted by molar-refractivity contribution is 0.00913. The summed E-state index contributed by atoms with van der Waals surface area (Å²) >= 11 is 0. The van der Waals surface area contributed by atoms with Crippen LogP contribution in [0.15, 0.2) is 60.7 Å². The highest BCUT2D eigenvalue weighted by Gasteiger charge is 2.45. The first-order valence-corrected chi connectivity index (χ1v) is 7.13. The van der Waals surface area contributed by atoms with Crippen LogP contribution in [0.3, 0.4) is 0 Å². The second-order valence-corrected chi connectivity index (χ2v) is 5.21. The molecule has 2 aromatic carbocycles. The molecule has 0 saturated carbocycles. The molecule has 0 aromatic heterocycles. The molecule has 1 atom stereocenters. The Morgan fingerprint density at radius 2 is 1.47 bits per heavy atom. The van der Waals surface area contributed by atoms with Gasteiger partial charge in [0.15, 0.2) is 0 Å². The van der Waals surface area contributed by atoms with Crippen molar-refractivity contribution in [1.82, 2.24) is 0 Å². The molecule has 1 aliphatic heterocycles. The average molecular weight is 252 g/mol. The summed E-state index contributed by atoms with van der Waals surface area (Å²) < 4.78 is 6.32. The fourth-order valence-corrected chi connectivity index (χ4v) is 3.35. The SMILES string of the molecule is CCC1CCOC1(c1ccccc1)c1ccccc1. The van der Waals surface area contributed by atoms with Crippen LogP contribution in [-0.2, 0) is 10.3 Å². The van der Waals surface area contributed by atoms with Crippen molar-refractivity contribution >= 4 is 0 Å². The van der Waals surface area contributed by atoms with E-state index in [4.69, 9.17) is 4.74 Å². The van der Waals surface area contributed by atoms with E-state index in [-0.39, 0.29) is 5.60 Å². The molecule has 0 spiro atoms. The van der Waals surface area contributed by atoms with Gasteiger partial charge in [0.25, 0.3) is 0 Å². The number of ether oxygens (including phenoxy) is 1. The van der Waals surface area contributed by atoms with Crippen LogP contribution in [0.1, 0.15) is 30.9 Å². The van der Waals surface area contributed by atoms with Gasteiger partial charge in [0.1, 0.15) is 5.60 Å². The smallest absolute Gasteiger partial charge is 0.121 e. The third-order valence-electron chi connectivity index (χ3n) is 4.27. The fourth-order valence-electron chi connectivity index (χ4n) is 3.35. The summed E-state index contributed by atoms with van der Waals surface area (Å²) in [5, 5.41) is 0. The third kappa shape index (κ3) is 1.98. The largest absolute Gasteiger partial charge is 0.365 e. The first kappa shape index (κ1) is 12.4. The fraction of sp³-hybridized carbons (Fsp3) is 0.333. The molecule has 0 N–H and O–H groups in total. The van der Waals surface area contributed by atoms with Gasteiger partial charge < -0.3 is 4.74 Å². The molecule has 98 valence electrons. The number of hydrogen-bond donors (Lipinski definition) is 0. The zero-order valence-electron chi connectivity index (χ0n) is 11.4. The van der Waals surface area contributed by atoms with Crippen LogP contribution in [0.4, 0.5) is 0 Å². The van der Waals surface area contributed by atoms with Crippen molar-refractivity contribution in [3.63, 3.8) is 0 Å². The van der Waals surface area contributed by atoms with E-state index in [1.54, 1.807) is 0 Å². The highest BCUT2D eigenvalue weighted by molar-refractivity contribution is 5.38.